The molecule has 0 aliphatic carbocycles. The van der Waals surface area contributed by atoms with Crippen LogP contribution in [-0.4, -0.2) is 17.8 Å². The van der Waals surface area contributed by atoms with Gasteiger partial charge in [0.15, 0.2) is 0 Å². The van der Waals surface area contributed by atoms with Crippen LogP contribution < -0.4 is 5.32 Å². The molecule has 0 aromatic rings. The molecule has 0 saturated carbocycles. The second-order valence-corrected chi connectivity index (χ2v) is 3.13. The summed E-state index contributed by atoms with van der Waals surface area (Å²) in [7, 11) is 0. The summed E-state index contributed by atoms with van der Waals surface area (Å²) < 4.78 is 0. The Bertz CT molecular complexity index is 127. The maximum atomic E-state index is 10.9. The number of nitrogens with one attached hydrogen (secondary N) is 1. The summed E-state index contributed by atoms with van der Waals surface area (Å²) in [6, 6.07) is 0. The molecule has 58 valence electrons. The molecule has 1 fully saturated rings. The van der Waals surface area contributed by atoms with Crippen LogP contribution in [0.4, 0.5) is 0 Å². The minimum absolute atomic E-state index is 0.00127. The first-order valence-electron chi connectivity index (χ1n) is 3.72. The van der Waals surface area contributed by atoms with E-state index in [9.17, 15) is 4.79 Å². The molecule has 1 aliphatic heterocycles. The maximum Gasteiger partial charge on any atom is 0.238 e. The topological polar surface area (TPSA) is 29.1 Å². The predicted molar refractivity (Wildman–Crippen MR) is 41.1 cm³/mol. The van der Waals surface area contributed by atoms with E-state index in [1.165, 1.54) is 6.42 Å². The molecule has 0 aromatic heterocycles. The van der Waals surface area contributed by atoms with E-state index < -0.39 is 0 Å². The second kappa shape index (κ2) is 3.81. The van der Waals surface area contributed by atoms with Crippen molar-refractivity contribution in [3.8, 4) is 0 Å². The van der Waals surface area contributed by atoms with E-state index in [-0.39, 0.29) is 11.3 Å². The highest BCUT2D eigenvalue weighted by Gasteiger charge is 2.15. The monoisotopic (exact) mass is 161 g/mol. The van der Waals surface area contributed by atoms with Gasteiger partial charge in [-0.3, -0.25) is 4.79 Å². The highest BCUT2D eigenvalue weighted by Crippen LogP contribution is 2.11. The zero-order valence-corrected chi connectivity index (χ0v) is 6.66. The van der Waals surface area contributed by atoms with E-state index >= 15 is 0 Å². The molecule has 0 unspecified atom stereocenters. The van der Waals surface area contributed by atoms with Gasteiger partial charge >= 0.3 is 0 Å². The summed E-state index contributed by atoms with van der Waals surface area (Å²) in [5.74, 6) is 0.00127. The second-order valence-electron chi connectivity index (χ2n) is 2.61. The number of halogens is 1. The molecule has 0 aromatic carbocycles. The average Bonchev–Trinajstić information content (AvgIpc) is 1.92. The van der Waals surface area contributed by atoms with Gasteiger partial charge in [0.2, 0.25) is 5.91 Å². The van der Waals surface area contributed by atoms with Gasteiger partial charge in [-0.25, -0.2) is 0 Å². The summed E-state index contributed by atoms with van der Waals surface area (Å²) in [4.78, 5) is 10.9. The Morgan fingerprint density at radius 1 is 1.40 bits per heavy atom. The lowest BCUT2D eigenvalue weighted by Crippen LogP contribution is -2.33. The number of hydrogen-bond donors (Lipinski definition) is 1. The lowest BCUT2D eigenvalue weighted by molar-refractivity contribution is -0.121. The summed E-state index contributed by atoms with van der Waals surface area (Å²) >= 11 is 5.73. The smallest absolute Gasteiger partial charge is 0.238 e. The molecule has 2 nitrogen and oxygen atoms in total. The quantitative estimate of drug-likeness (QED) is 0.533. The molecule has 3 heteroatoms. The normalized spacial score (nSPS) is 28.5. The molecule has 10 heavy (non-hydrogen) atoms. The molecular formula is C7H12ClNO. The standard InChI is InChI=1S/C7H12ClNO/c8-6-4-2-1-3-5-9-7(6)10/h6H,1-5H2,(H,9,10)/t6-/m1/s1. The molecule has 1 amide bonds. The first-order valence-corrected chi connectivity index (χ1v) is 4.16. The van der Waals surface area contributed by atoms with Crippen LogP contribution in [0.2, 0.25) is 0 Å². The Balaban J connectivity index is 2.35. The zero-order valence-electron chi connectivity index (χ0n) is 5.90. The average molecular weight is 162 g/mol. The molecular weight excluding hydrogens is 150 g/mol. The van der Waals surface area contributed by atoms with Gasteiger partial charge in [-0.1, -0.05) is 12.8 Å². The van der Waals surface area contributed by atoms with Crippen molar-refractivity contribution in [1.82, 2.24) is 5.32 Å². The van der Waals surface area contributed by atoms with Gasteiger partial charge < -0.3 is 5.32 Å². The lowest BCUT2D eigenvalue weighted by Gasteiger charge is -2.13. The summed E-state index contributed by atoms with van der Waals surface area (Å²) in [6.45, 7) is 0.794. The lowest BCUT2D eigenvalue weighted by atomic mass is 10.1. The maximum absolute atomic E-state index is 10.9. The van der Waals surface area contributed by atoms with Crippen molar-refractivity contribution in [2.75, 3.05) is 6.54 Å². The first kappa shape index (κ1) is 7.86. The minimum Gasteiger partial charge on any atom is -0.355 e. The van der Waals surface area contributed by atoms with Crippen molar-refractivity contribution in [1.29, 1.82) is 0 Å². The van der Waals surface area contributed by atoms with Crippen LogP contribution in [0.3, 0.4) is 0 Å². The number of carbonyl (C=O) groups is 1. The number of hydrogen-bond acceptors (Lipinski definition) is 1. The van der Waals surface area contributed by atoms with E-state index in [0.29, 0.717) is 0 Å². The predicted octanol–water partition coefficient (Wildman–Crippen LogP) is 1.28. The third kappa shape index (κ3) is 2.18. The largest absolute Gasteiger partial charge is 0.355 e. The molecule has 0 bridgehead atoms. The number of rotatable bonds is 0. The van der Waals surface area contributed by atoms with Crippen LogP contribution in [0.5, 0.6) is 0 Å². The van der Waals surface area contributed by atoms with Gasteiger partial charge in [-0.15, -0.1) is 11.6 Å². The van der Waals surface area contributed by atoms with Crippen molar-refractivity contribution < 1.29 is 4.79 Å². The first-order chi connectivity index (χ1) is 4.80. The zero-order chi connectivity index (χ0) is 7.40. The molecule has 1 heterocycles. The van der Waals surface area contributed by atoms with Gasteiger partial charge in [0.1, 0.15) is 5.38 Å². The van der Waals surface area contributed by atoms with Gasteiger partial charge in [-0.2, -0.15) is 0 Å². The fourth-order valence-corrected chi connectivity index (χ4v) is 1.31. The highest BCUT2D eigenvalue weighted by atomic mass is 35.5. The molecule has 1 saturated heterocycles. The number of carbonyl (C=O) groups excluding carboxylic acids is 1. The summed E-state index contributed by atoms with van der Waals surface area (Å²) in [5.41, 5.74) is 0. The Labute approximate surface area is 65.9 Å². The molecule has 1 atom stereocenters. The number of alkyl halides is 1. The molecule has 0 radical (unpaired) electrons. The van der Waals surface area contributed by atoms with E-state index in [4.69, 9.17) is 11.6 Å². The van der Waals surface area contributed by atoms with Crippen LogP contribution >= 0.6 is 11.6 Å². The van der Waals surface area contributed by atoms with Gasteiger partial charge in [0, 0.05) is 6.54 Å². The Morgan fingerprint density at radius 2 is 2.20 bits per heavy atom. The summed E-state index contributed by atoms with van der Waals surface area (Å²) in [5, 5.41) is 2.47. The minimum atomic E-state index is -0.291. The van der Waals surface area contributed by atoms with Crippen LogP contribution in [0, 0.1) is 0 Å². The van der Waals surface area contributed by atoms with Gasteiger partial charge in [0.25, 0.3) is 0 Å². The molecule has 0 spiro atoms. The third-order valence-corrected chi connectivity index (χ3v) is 2.13. The van der Waals surface area contributed by atoms with E-state index in [0.717, 1.165) is 25.8 Å². The molecule has 1 aliphatic rings. The van der Waals surface area contributed by atoms with Gasteiger partial charge in [-0.05, 0) is 12.8 Å². The highest BCUT2D eigenvalue weighted by molar-refractivity contribution is 6.30. The van der Waals surface area contributed by atoms with Crippen LogP contribution in [0.1, 0.15) is 25.7 Å². The van der Waals surface area contributed by atoms with Crippen LogP contribution in [-0.2, 0) is 4.79 Å². The van der Waals surface area contributed by atoms with Crippen LogP contribution in [0.15, 0.2) is 0 Å². The van der Waals surface area contributed by atoms with Crippen LogP contribution in [0.25, 0.3) is 0 Å². The Kier molecular flexibility index (Phi) is 3.00. The Hall–Kier alpha value is -0.240. The molecule has 1 rings (SSSR count). The van der Waals surface area contributed by atoms with Crippen molar-refractivity contribution >= 4 is 17.5 Å². The Morgan fingerprint density at radius 3 is 3.00 bits per heavy atom. The number of amides is 1. The third-order valence-electron chi connectivity index (χ3n) is 1.72. The van der Waals surface area contributed by atoms with Crippen molar-refractivity contribution in [3.05, 3.63) is 0 Å². The fourth-order valence-electron chi connectivity index (χ4n) is 1.08. The fraction of sp³-hybridized carbons (Fsp3) is 0.857. The van der Waals surface area contributed by atoms with Crippen molar-refractivity contribution in [3.63, 3.8) is 0 Å². The van der Waals surface area contributed by atoms with E-state index in [1.807, 2.05) is 0 Å². The SMILES string of the molecule is O=C1NCCCCC[C@H]1Cl. The van der Waals surface area contributed by atoms with Gasteiger partial charge in [0.05, 0.1) is 0 Å². The van der Waals surface area contributed by atoms with E-state index in [1.54, 1.807) is 0 Å². The van der Waals surface area contributed by atoms with E-state index in [2.05, 4.69) is 5.32 Å². The van der Waals surface area contributed by atoms with Crippen molar-refractivity contribution in [2.45, 2.75) is 31.1 Å². The summed E-state index contributed by atoms with van der Waals surface area (Å²) in [6.07, 6.45) is 4.19. The van der Waals surface area contributed by atoms with Crippen molar-refractivity contribution in [2.24, 2.45) is 0 Å². The molecule has 1 N–H and O–H groups in total.